The van der Waals surface area contributed by atoms with Crippen molar-refractivity contribution in [2.75, 3.05) is 10.6 Å². The molecule has 104 valence electrons. The number of anilines is 2. The zero-order valence-corrected chi connectivity index (χ0v) is 11.5. The molecule has 1 amide bonds. The lowest BCUT2D eigenvalue weighted by Crippen LogP contribution is -2.23. The SMILES string of the molecule is CC(=O)Nc1cc(NC(C)C2CCCC2)ccc1F. The van der Waals surface area contributed by atoms with Crippen LogP contribution in [0.4, 0.5) is 15.8 Å². The van der Waals surface area contributed by atoms with Gasteiger partial charge in [0.15, 0.2) is 0 Å². The number of halogens is 1. The maximum Gasteiger partial charge on any atom is 0.221 e. The molecule has 0 bridgehead atoms. The van der Waals surface area contributed by atoms with Crippen molar-refractivity contribution in [2.24, 2.45) is 5.92 Å². The van der Waals surface area contributed by atoms with Gasteiger partial charge in [0.25, 0.3) is 0 Å². The fourth-order valence-electron chi connectivity index (χ4n) is 2.74. The fourth-order valence-corrected chi connectivity index (χ4v) is 2.74. The first kappa shape index (κ1) is 13.8. The summed E-state index contributed by atoms with van der Waals surface area (Å²) >= 11 is 0. The van der Waals surface area contributed by atoms with Gasteiger partial charge in [-0.15, -0.1) is 0 Å². The van der Waals surface area contributed by atoms with Crippen LogP contribution in [0.5, 0.6) is 0 Å². The second kappa shape index (κ2) is 6.04. The van der Waals surface area contributed by atoms with Gasteiger partial charge in [0, 0.05) is 18.7 Å². The van der Waals surface area contributed by atoms with E-state index < -0.39 is 5.82 Å². The molecule has 1 unspecified atom stereocenters. The van der Waals surface area contributed by atoms with E-state index in [1.807, 2.05) is 0 Å². The number of hydrogen-bond acceptors (Lipinski definition) is 2. The Morgan fingerprint density at radius 3 is 2.68 bits per heavy atom. The number of hydrogen-bond donors (Lipinski definition) is 2. The highest BCUT2D eigenvalue weighted by Crippen LogP contribution is 2.30. The molecule has 0 aromatic heterocycles. The van der Waals surface area contributed by atoms with E-state index in [0.717, 1.165) is 5.69 Å². The van der Waals surface area contributed by atoms with E-state index in [1.165, 1.54) is 38.7 Å². The third-order valence-corrected chi connectivity index (χ3v) is 3.78. The van der Waals surface area contributed by atoms with Crippen molar-refractivity contribution in [1.82, 2.24) is 0 Å². The summed E-state index contributed by atoms with van der Waals surface area (Å²) in [4.78, 5) is 11.0. The first-order valence-electron chi connectivity index (χ1n) is 6.90. The lowest BCUT2D eigenvalue weighted by atomic mass is 9.99. The van der Waals surface area contributed by atoms with Crippen LogP contribution in [0.3, 0.4) is 0 Å². The molecule has 1 atom stereocenters. The van der Waals surface area contributed by atoms with Crippen molar-refractivity contribution >= 4 is 17.3 Å². The number of carbonyl (C=O) groups excluding carboxylic acids is 1. The van der Waals surface area contributed by atoms with Crippen LogP contribution in [0.25, 0.3) is 0 Å². The predicted molar refractivity (Wildman–Crippen MR) is 75.7 cm³/mol. The van der Waals surface area contributed by atoms with Crippen LogP contribution in [0.1, 0.15) is 39.5 Å². The molecule has 1 aromatic rings. The van der Waals surface area contributed by atoms with Crippen LogP contribution in [0.15, 0.2) is 18.2 Å². The van der Waals surface area contributed by atoms with E-state index >= 15 is 0 Å². The minimum Gasteiger partial charge on any atom is -0.382 e. The zero-order chi connectivity index (χ0) is 13.8. The van der Waals surface area contributed by atoms with E-state index in [4.69, 9.17) is 0 Å². The maximum absolute atomic E-state index is 13.5. The molecule has 2 N–H and O–H groups in total. The zero-order valence-electron chi connectivity index (χ0n) is 11.5. The van der Waals surface area contributed by atoms with Gasteiger partial charge >= 0.3 is 0 Å². The molecule has 0 spiro atoms. The molecule has 1 aromatic carbocycles. The highest BCUT2D eigenvalue weighted by atomic mass is 19.1. The molecule has 1 aliphatic carbocycles. The number of carbonyl (C=O) groups is 1. The van der Waals surface area contributed by atoms with E-state index in [9.17, 15) is 9.18 Å². The Labute approximate surface area is 113 Å². The summed E-state index contributed by atoms with van der Waals surface area (Å²) in [5, 5.41) is 5.91. The molecule has 1 aliphatic rings. The van der Waals surface area contributed by atoms with Crippen molar-refractivity contribution in [3.63, 3.8) is 0 Å². The standard InChI is InChI=1S/C15H21FN2O/c1-10(12-5-3-4-6-12)17-13-7-8-14(16)15(9-13)18-11(2)19/h7-10,12,17H,3-6H2,1-2H3,(H,18,19). The Hall–Kier alpha value is -1.58. The third kappa shape index (κ3) is 3.69. The van der Waals surface area contributed by atoms with Crippen LogP contribution in [-0.4, -0.2) is 11.9 Å². The normalized spacial score (nSPS) is 17.2. The molecule has 0 heterocycles. The number of amides is 1. The van der Waals surface area contributed by atoms with Gasteiger partial charge in [-0.1, -0.05) is 12.8 Å². The minimum atomic E-state index is -0.408. The van der Waals surface area contributed by atoms with Gasteiger partial charge in [-0.05, 0) is 43.9 Å². The summed E-state index contributed by atoms with van der Waals surface area (Å²) < 4.78 is 13.5. The fraction of sp³-hybridized carbons (Fsp3) is 0.533. The molecule has 3 nitrogen and oxygen atoms in total. The first-order valence-corrected chi connectivity index (χ1v) is 6.90. The van der Waals surface area contributed by atoms with Crippen LogP contribution in [0.2, 0.25) is 0 Å². The average Bonchev–Trinajstić information content (AvgIpc) is 2.86. The first-order chi connectivity index (χ1) is 9.06. The molecule has 0 aliphatic heterocycles. The Morgan fingerprint density at radius 1 is 1.37 bits per heavy atom. The number of benzene rings is 1. The maximum atomic E-state index is 13.5. The molecule has 1 fully saturated rings. The summed E-state index contributed by atoms with van der Waals surface area (Å²) in [7, 11) is 0. The Balaban J connectivity index is 2.05. The molecule has 4 heteroatoms. The third-order valence-electron chi connectivity index (χ3n) is 3.78. The highest BCUT2D eigenvalue weighted by molar-refractivity contribution is 5.89. The Bertz CT molecular complexity index is 455. The minimum absolute atomic E-state index is 0.233. The molecular weight excluding hydrogens is 243 g/mol. The Kier molecular flexibility index (Phi) is 4.40. The van der Waals surface area contributed by atoms with E-state index in [-0.39, 0.29) is 11.6 Å². The second-order valence-corrected chi connectivity index (χ2v) is 5.35. The summed E-state index contributed by atoms with van der Waals surface area (Å²) in [6, 6.07) is 5.13. The molecule has 2 rings (SSSR count). The van der Waals surface area contributed by atoms with Gasteiger partial charge in [0.2, 0.25) is 5.91 Å². The predicted octanol–water partition coefficient (Wildman–Crippen LogP) is 3.77. The van der Waals surface area contributed by atoms with Gasteiger partial charge in [-0.2, -0.15) is 0 Å². The smallest absolute Gasteiger partial charge is 0.221 e. The second-order valence-electron chi connectivity index (χ2n) is 5.35. The quantitative estimate of drug-likeness (QED) is 0.869. The summed E-state index contributed by atoms with van der Waals surface area (Å²) in [6.45, 7) is 3.54. The van der Waals surface area contributed by atoms with Crippen LogP contribution in [-0.2, 0) is 4.79 Å². The van der Waals surface area contributed by atoms with Crippen LogP contribution >= 0.6 is 0 Å². The number of nitrogens with one attached hydrogen (secondary N) is 2. The van der Waals surface area contributed by atoms with Gasteiger partial charge in [-0.25, -0.2) is 4.39 Å². The monoisotopic (exact) mass is 264 g/mol. The van der Waals surface area contributed by atoms with Crippen molar-refractivity contribution in [2.45, 2.75) is 45.6 Å². The highest BCUT2D eigenvalue weighted by Gasteiger charge is 2.21. The topological polar surface area (TPSA) is 41.1 Å². The molecule has 19 heavy (non-hydrogen) atoms. The van der Waals surface area contributed by atoms with Gasteiger partial charge in [0.05, 0.1) is 5.69 Å². The Morgan fingerprint density at radius 2 is 2.05 bits per heavy atom. The van der Waals surface area contributed by atoms with E-state index in [2.05, 4.69) is 17.6 Å². The van der Waals surface area contributed by atoms with Crippen molar-refractivity contribution in [1.29, 1.82) is 0 Å². The lowest BCUT2D eigenvalue weighted by Gasteiger charge is -2.22. The van der Waals surface area contributed by atoms with Gasteiger partial charge in [0.1, 0.15) is 5.82 Å². The lowest BCUT2D eigenvalue weighted by molar-refractivity contribution is -0.114. The van der Waals surface area contributed by atoms with Gasteiger partial charge in [-0.3, -0.25) is 4.79 Å². The average molecular weight is 264 g/mol. The molecule has 0 saturated heterocycles. The van der Waals surface area contributed by atoms with E-state index in [0.29, 0.717) is 12.0 Å². The molecule has 0 radical (unpaired) electrons. The summed E-state index contributed by atoms with van der Waals surface area (Å²) in [6.07, 6.45) is 5.12. The van der Waals surface area contributed by atoms with Crippen molar-refractivity contribution < 1.29 is 9.18 Å². The van der Waals surface area contributed by atoms with Crippen molar-refractivity contribution in [3.05, 3.63) is 24.0 Å². The molecular formula is C15H21FN2O. The van der Waals surface area contributed by atoms with Crippen molar-refractivity contribution in [3.8, 4) is 0 Å². The van der Waals surface area contributed by atoms with Crippen LogP contribution < -0.4 is 10.6 Å². The largest absolute Gasteiger partial charge is 0.382 e. The number of rotatable bonds is 4. The van der Waals surface area contributed by atoms with Crippen LogP contribution in [0, 0.1) is 11.7 Å². The van der Waals surface area contributed by atoms with Gasteiger partial charge < -0.3 is 10.6 Å². The summed E-state index contributed by atoms with van der Waals surface area (Å²) in [5.41, 5.74) is 1.08. The molecule has 1 saturated carbocycles. The summed E-state index contributed by atoms with van der Waals surface area (Å²) in [5.74, 6) is 0.0171. The van der Waals surface area contributed by atoms with E-state index in [1.54, 1.807) is 12.1 Å².